The first-order chi connectivity index (χ1) is 15.5. The predicted octanol–water partition coefficient (Wildman–Crippen LogP) is -0.237. The van der Waals surface area contributed by atoms with Crippen LogP contribution in [-0.4, -0.2) is 84.3 Å². The first kappa shape index (κ1) is 26.2. The number of carbonyl (C=O) groups is 4. The molecule has 3 rings (SSSR count). The molecule has 2 amide bonds. The molecular weight excluding hydrogens is 456 g/mol. The molecule has 2 fully saturated rings. The SMILES string of the molecule is NC(=O)C1CCN(CC(=O)Nc2cccc(S(=O)(=O)N3CCCC3)c2)CC1.O=C(O)C(=O)O. The minimum Gasteiger partial charge on any atom is -0.473 e. The van der Waals surface area contributed by atoms with Gasteiger partial charge < -0.3 is 21.3 Å². The van der Waals surface area contributed by atoms with Gasteiger partial charge in [0.1, 0.15) is 0 Å². The molecular formula is C20H28N4O8S. The van der Waals surface area contributed by atoms with E-state index in [9.17, 15) is 18.0 Å². The summed E-state index contributed by atoms with van der Waals surface area (Å²) >= 11 is 0. The molecule has 0 aromatic heterocycles. The van der Waals surface area contributed by atoms with E-state index >= 15 is 0 Å². The van der Waals surface area contributed by atoms with Gasteiger partial charge in [-0.05, 0) is 57.0 Å². The number of carboxylic acids is 2. The third kappa shape index (κ3) is 7.80. The molecule has 1 aromatic carbocycles. The van der Waals surface area contributed by atoms with Crippen molar-refractivity contribution in [2.24, 2.45) is 11.7 Å². The molecule has 182 valence electrons. The van der Waals surface area contributed by atoms with E-state index in [2.05, 4.69) is 5.32 Å². The highest BCUT2D eigenvalue weighted by molar-refractivity contribution is 7.89. The van der Waals surface area contributed by atoms with E-state index in [1.165, 1.54) is 10.4 Å². The number of sulfonamides is 1. The van der Waals surface area contributed by atoms with Crippen molar-refractivity contribution in [3.05, 3.63) is 24.3 Å². The van der Waals surface area contributed by atoms with Gasteiger partial charge in [0.25, 0.3) is 0 Å². The van der Waals surface area contributed by atoms with Gasteiger partial charge in [-0.25, -0.2) is 18.0 Å². The van der Waals surface area contributed by atoms with Crippen LogP contribution in [0.25, 0.3) is 0 Å². The average Bonchev–Trinajstić information content (AvgIpc) is 3.30. The van der Waals surface area contributed by atoms with Gasteiger partial charge in [0.15, 0.2) is 0 Å². The van der Waals surface area contributed by atoms with Crippen LogP contribution in [0.3, 0.4) is 0 Å². The molecule has 0 saturated carbocycles. The number of nitrogens with two attached hydrogens (primary N) is 1. The Morgan fingerprint density at radius 3 is 2.09 bits per heavy atom. The Kier molecular flexibility index (Phi) is 9.32. The lowest BCUT2D eigenvalue weighted by Crippen LogP contribution is -2.42. The number of nitrogens with one attached hydrogen (secondary N) is 1. The number of aliphatic carboxylic acids is 2. The summed E-state index contributed by atoms with van der Waals surface area (Å²) in [5.41, 5.74) is 5.79. The van der Waals surface area contributed by atoms with E-state index in [0.717, 1.165) is 12.8 Å². The predicted molar refractivity (Wildman–Crippen MR) is 117 cm³/mol. The van der Waals surface area contributed by atoms with Gasteiger partial charge in [-0.15, -0.1) is 0 Å². The fourth-order valence-corrected chi connectivity index (χ4v) is 5.15. The number of hydrogen-bond acceptors (Lipinski definition) is 7. The minimum atomic E-state index is -3.51. The van der Waals surface area contributed by atoms with E-state index in [0.29, 0.717) is 44.7 Å². The van der Waals surface area contributed by atoms with Crippen LogP contribution in [0.15, 0.2) is 29.2 Å². The van der Waals surface area contributed by atoms with Gasteiger partial charge in [0.2, 0.25) is 21.8 Å². The Morgan fingerprint density at radius 1 is 1.00 bits per heavy atom. The number of amides is 2. The Morgan fingerprint density at radius 2 is 1.58 bits per heavy atom. The topological polar surface area (TPSA) is 187 Å². The lowest BCUT2D eigenvalue weighted by Gasteiger charge is -2.29. The van der Waals surface area contributed by atoms with Gasteiger partial charge in [0, 0.05) is 24.7 Å². The van der Waals surface area contributed by atoms with Crippen molar-refractivity contribution in [3.8, 4) is 0 Å². The van der Waals surface area contributed by atoms with Gasteiger partial charge in [0.05, 0.1) is 11.4 Å². The Bertz CT molecular complexity index is 972. The van der Waals surface area contributed by atoms with Gasteiger partial charge in [-0.1, -0.05) is 6.07 Å². The van der Waals surface area contributed by atoms with Crippen molar-refractivity contribution in [3.63, 3.8) is 0 Å². The highest BCUT2D eigenvalue weighted by Gasteiger charge is 2.27. The second kappa shape index (κ2) is 11.7. The van der Waals surface area contributed by atoms with Crippen LogP contribution in [0.5, 0.6) is 0 Å². The number of benzene rings is 1. The second-order valence-electron chi connectivity index (χ2n) is 7.75. The van der Waals surface area contributed by atoms with E-state index in [1.54, 1.807) is 18.2 Å². The standard InChI is InChI=1S/C18H26N4O4S.C2H2O4/c19-18(24)14-6-10-21(11-7-14)13-17(23)20-15-4-3-5-16(12-15)27(25,26)22-8-1-2-9-22;3-1(4)2(5)6/h3-5,12,14H,1-2,6-11,13H2,(H2,19,24)(H,20,23);(H,3,4)(H,5,6). The molecule has 12 nitrogen and oxygen atoms in total. The zero-order chi connectivity index (χ0) is 24.6. The minimum absolute atomic E-state index is 0.114. The molecule has 0 spiro atoms. The van der Waals surface area contributed by atoms with Gasteiger partial charge in [-0.3, -0.25) is 14.5 Å². The molecule has 2 aliphatic rings. The fourth-order valence-electron chi connectivity index (χ4n) is 3.59. The molecule has 33 heavy (non-hydrogen) atoms. The summed E-state index contributed by atoms with van der Waals surface area (Å²) in [6.07, 6.45) is 3.07. The van der Waals surface area contributed by atoms with Crippen molar-refractivity contribution in [1.82, 2.24) is 9.21 Å². The molecule has 2 heterocycles. The van der Waals surface area contributed by atoms with Crippen molar-refractivity contribution in [1.29, 1.82) is 0 Å². The molecule has 13 heteroatoms. The maximum Gasteiger partial charge on any atom is 0.414 e. The van der Waals surface area contributed by atoms with Crippen LogP contribution in [0.2, 0.25) is 0 Å². The molecule has 2 aliphatic heterocycles. The number of anilines is 1. The zero-order valence-corrected chi connectivity index (χ0v) is 18.8. The quantitative estimate of drug-likeness (QED) is 0.395. The number of hydrogen-bond donors (Lipinski definition) is 4. The van der Waals surface area contributed by atoms with Crippen molar-refractivity contribution < 1.29 is 37.8 Å². The largest absolute Gasteiger partial charge is 0.473 e. The second-order valence-corrected chi connectivity index (χ2v) is 9.69. The third-order valence-corrected chi connectivity index (χ3v) is 7.26. The first-order valence-electron chi connectivity index (χ1n) is 10.4. The van der Waals surface area contributed by atoms with Gasteiger partial charge >= 0.3 is 11.9 Å². The Balaban J connectivity index is 0.000000569. The monoisotopic (exact) mass is 484 g/mol. The smallest absolute Gasteiger partial charge is 0.414 e. The van der Waals surface area contributed by atoms with E-state index in [1.807, 2.05) is 4.90 Å². The summed E-state index contributed by atoms with van der Waals surface area (Å²) in [5, 5.41) is 17.6. The first-order valence-corrected chi connectivity index (χ1v) is 11.8. The van der Waals surface area contributed by atoms with Crippen LogP contribution >= 0.6 is 0 Å². The fraction of sp³-hybridized carbons (Fsp3) is 0.500. The molecule has 0 bridgehead atoms. The summed E-state index contributed by atoms with van der Waals surface area (Å²) in [5.74, 6) is -4.25. The van der Waals surface area contributed by atoms with Crippen molar-refractivity contribution in [2.45, 2.75) is 30.6 Å². The maximum atomic E-state index is 12.6. The molecule has 0 radical (unpaired) electrons. The normalized spacial score (nSPS) is 17.6. The van der Waals surface area contributed by atoms with E-state index in [-0.39, 0.29) is 29.2 Å². The highest BCUT2D eigenvalue weighted by Crippen LogP contribution is 2.23. The van der Waals surface area contributed by atoms with Crippen LogP contribution in [0.1, 0.15) is 25.7 Å². The van der Waals surface area contributed by atoms with E-state index in [4.69, 9.17) is 25.5 Å². The van der Waals surface area contributed by atoms with Crippen LogP contribution in [0, 0.1) is 5.92 Å². The van der Waals surface area contributed by atoms with E-state index < -0.39 is 22.0 Å². The number of rotatable bonds is 6. The van der Waals surface area contributed by atoms with Crippen molar-refractivity contribution >= 4 is 39.5 Å². The molecule has 0 atom stereocenters. The molecule has 5 N–H and O–H groups in total. The number of primary amides is 1. The third-order valence-electron chi connectivity index (χ3n) is 5.36. The number of carbonyl (C=O) groups excluding carboxylic acids is 2. The lowest BCUT2D eigenvalue weighted by molar-refractivity contribution is -0.159. The number of likely N-dealkylation sites (tertiary alicyclic amines) is 1. The molecule has 2 saturated heterocycles. The number of carboxylic acid groups (broad SMARTS) is 2. The van der Waals surface area contributed by atoms with Gasteiger partial charge in [-0.2, -0.15) is 4.31 Å². The summed E-state index contributed by atoms with van der Waals surface area (Å²) in [7, 11) is -3.51. The molecule has 1 aromatic rings. The van der Waals surface area contributed by atoms with Crippen LogP contribution in [-0.2, 0) is 29.2 Å². The number of nitrogens with zero attached hydrogens (tertiary/aromatic N) is 2. The molecule has 0 unspecified atom stereocenters. The zero-order valence-electron chi connectivity index (χ0n) is 18.0. The lowest BCUT2D eigenvalue weighted by atomic mass is 9.96. The maximum absolute atomic E-state index is 12.6. The van der Waals surface area contributed by atoms with Crippen LogP contribution < -0.4 is 11.1 Å². The van der Waals surface area contributed by atoms with Crippen molar-refractivity contribution in [2.75, 3.05) is 38.0 Å². The Hall–Kier alpha value is -3.03. The summed E-state index contributed by atoms with van der Waals surface area (Å²) in [6, 6.07) is 6.37. The molecule has 0 aliphatic carbocycles. The summed E-state index contributed by atoms with van der Waals surface area (Å²) in [4.78, 5) is 43.9. The average molecular weight is 485 g/mol. The van der Waals surface area contributed by atoms with Crippen LogP contribution in [0.4, 0.5) is 5.69 Å². The highest BCUT2D eigenvalue weighted by atomic mass is 32.2. The number of piperidine rings is 1. The summed E-state index contributed by atoms with van der Waals surface area (Å²) in [6.45, 7) is 2.57. The Labute approximate surface area is 191 Å². The summed E-state index contributed by atoms with van der Waals surface area (Å²) < 4.78 is 26.8.